The van der Waals surface area contributed by atoms with Crippen LogP contribution in [0.5, 0.6) is 0 Å². The summed E-state index contributed by atoms with van der Waals surface area (Å²) in [4.78, 5) is 2.45. The van der Waals surface area contributed by atoms with Crippen molar-refractivity contribution in [3.05, 3.63) is 35.9 Å². The highest BCUT2D eigenvalue weighted by molar-refractivity contribution is 5.15. The summed E-state index contributed by atoms with van der Waals surface area (Å²) < 4.78 is 0. The monoisotopic (exact) mass is 276 g/mol. The average Bonchev–Trinajstić information content (AvgIpc) is 2.50. The van der Waals surface area contributed by atoms with Crippen molar-refractivity contribution in [2.45, 2.75) is 57.9 Å². The molecule has 2 heteroatoms. The highest BCUT2D eigenvalue weighted by atomic mass is 15.2. The highest BCUT2D eigenvalue weighted by Gasteiger charge is 2.26. The van der Waals surface area contributed by atoms with Gasteiger partial charge in [-0.3, -0.25) is 4.90 Å². The zero-order valence-electron chi connectivity index (χ0n) is 13.6. The fraction of sp³-hybridized carbons (Fsp3) is 0.667. The lowest BCUT2D eigenvalue weighted by Gasteiger charge is -2.38. The van der Waals surface area contributed by atoms with Crippen LogP contribution < -0.4 is 5.73 Å². The van der Waals surface area contributed by atoms with E-state index < -0.39 is 0 Å². The maximum Gasteiger partial charge on any atom is 0.0300 e. The lowest BCUT2D eigenvalue weighted by atomic mass is 9.92. The zero-order chi connectivity index (χ0) is 14.8. The molecule has 1 atom stereocenters. The number of unbranched alkanes of at least 4 members (excludes halogenated alkanes) is 3. The molecule has 0 aromatic heterocycles. The predicted octanol–water partition coefficient (Wildman–Crippen LogP) is 3.85. The van der Waals surface area contributed by atoms with Gasteiger partial charge >= 0.3 is 0 Å². The standard InChI is InChI=1S/C18H32N2/c1-4-5-6-10-14-18(2,16-19)20(3)15-13-17-11-8-7-9-12-17/h7-9,11-12H,4-6,10,13-16,19H2,1-3H3. The Morgan fingerprint density at radius 1 is 1.10 bits per heavy atom. The molecule has 1 rings (SSSR count). The quantitative estimate of drug-likeness (QED) is 0.658. The van der Waals surface area contributed by atoms with Crippen molar-refractivity contribution in [3.63, 3.8) is 0 Å². The average molecular weight is 276 g/mol. The van der Waals surface area contributed by atoms with E-state index in [2.05, 4.69) is 56.1 Å². The third kappa shape index (κ3) is 5.64. The van der Waals surface area contributed by atoms with Gasteiger partial charge in [-0.05, 0) is 32.4 Å². The van der Waals surface area contributed by atoms with Gasteiger partial charge in [0.15, 0.2) is 0 Å². The van der Waals surface area contributed by atoms with Crippen LogP contribution in [0.25, 0.3) is 0 Å². The molecule has 0 saturated heterocycles. The Hall–Kier alpha value is -0.860. The molecule has 0 bridgehead atoms. The molecule has 1 aromatic carbocycles. The van der Waals surface area contributed by atoms with Gasteiger partial charge in [-0.15, -0.1) is 0 Å². The third-order valence-electron chi connectivity index (χ3n) is 4.51. The molecule has 0 saturated carbocycles. The third-order valence-corrected chi connectivity index (χ3v) is 4.51. The maximum absolute atomic E-state index is 6.05. The van der Waals surface area contributed by atoms with Gasteiger partial charge in [0.05, 0.1) is 0 Å². The summed E-state index contributed by atoms with van der Waals surface area (Å²) >= 11 is 0. The fourth-order valence-electron chi connectivity index (χ4n) is 2.59. The Bertz CT molecular complexity index is 350. The number of hydrogen-bond acceptors (Lipinski definition) is 2. The van der Waals surface area contributed by atoms with Crippen molar-refractivity contribution in [3.8, 4) is 0 Å². The van der Waals surface area contributed by atoms with Crippen LogP contribution in [-0.2, 0) is 6.42 Å². The van der Waals surface area contributed by atoms with E-state index in [1.54, 1.807) is 0 Å². The summed E-state index contributed by atoms with van der Waals surface area (Å²) in [6.45, 7) is 6.38. The summed E-state index contributed by atoms with van der Waals surface area (Å²) in [6, 6.07) is 10.7. The molecule has 0 radical (unpaired) electrons. The predicted molar refractivity (Wildman–Crippen MR) is 89.0 cm³/mol. The van der Waals surface area contributed by atoms with E-state index in [1.165, 1.54) is 37.7 Å². The lowest BCUT2D eigenvalue weighted by Crippen LogP contribution is -2.50. The molecule has 0 heterocycles. The first-order valence-electron chi connectivity index (χ1n) is 8.07. The van der Waals surface area contributed by atoms with Gasteiger partial charge < -0.3 is 5.73 Å². The van der Waals surface area contributed by atoms with Crippen LogP contribution in [-0.4, -0.2) is 30.6 Å². The summed E-state index contributed by atoms with van der Waals surface area (Å²) in [5.74, 6) is 0. The Balaban J connectivity index is 2.42. The van der Waals surface area contributed by atoms with Crippen molar-refractivity contribution in [2.75, 3.05) is 20.1 Å². The molecule has 0 aliphatic heterocycles. The Kier molecular flexibility index (Phi) is 7.86. The van der Waals surface area contributed by atoms with Gasteiger partial charge in [0.25, 0.3) is 0 Å². The molecule has 2 nitrogen and oxygen atoms in total. The molecule has 0 spiro atoms. The normalized spacial score (nSPS) is 14.4. The van der Waals surface area contributed by atoms with Gasteiger partial charge in [-0.2, -0.15) is 0 Å². The van der Waals surface area contributed by atoms with Gasteiger partial charge in [0.1, 0.15) is 0 Å². The smallest absolute Gasteiger partial charge is 0.0300 e. The molecule has 2 N–H and O–H groups in total. The second-order valence-electron chi connectivity index (χ2n) is 6.17. The molecule has 114 valence electrons. The van der Waals surface area contributed by atoms with E-state index in [-0.39, 0.29) is 5.54 Å². The molecule has 1 aromatic rings. The lowest BCUT2D eigenvalue weighted by molar-refractivity contribution is 0.132. The van der Waals surface area contributed by atoms with Crippen LogP contribution in [0.3, 0.4) is 0 Å². The Labute approximate surface area is 125 Å². The summed E-state index contributed by atoms with van der Waals surface area (Å²) in [7, 11) is 2.22. The summed E-state index contributed by atoms with van der Waals surface area (Å²) in [5.41, 5.74) is 7.60. The molecule has 1 unspecified atom stereocenters. The molecule has 0 amide bonds. The van der Waals surface area contributed by atoms with Crippen molar-refractivity contribution >= 4 is 0 Å². The minimum Gasteiger partial charge on any atom is -0.329 e. The molecule has 0 fully saturated rings. The van der Waals surface area contributed by atoms with E-state index in [1.807, 2.05) is 0 Å². The van der Waals surface area contributed by atoms with E-state index in [0.29, 0.717) is 0 Å². The molecule has 20 heavy (non-hydrogen) atoms. The van der Waals surface area contributed by atoms with Gasteiger partial charge in [0, 0.05) is 18.6 Å². The van der Waals surface area contributed by atoms with Crippen LogP contribution >= 0.6 is 0 Å². The van der Waals surface area contributed by atoms with Gasteiger partial charge in [-0.25, -0.2) is 0 Å². The number of rotatable bonds is 10. The number of nitrogens with two attached hydrogens (primary N) is 1. The molecular formula is C18H32N2. The second-order valence-corrected chi connectivity index (χ2v) is 6.17. The molecule has 0 aliphatic carbocycles. The molecule has 0 aliphatic rings. The summed E-state index contributed by atoms with van der Waals surface area (Å²) in [5, 5.41) is 0. The van der Waals surface area contributed by atoms with Gasteiger partial charge in [-0.1, -0.05) is 62.9 Å². The minimum atomic E-state index is 0.141. The van der Waals surface area contributed by atoms with E-state index >= 15 is 0 Å². The Morgan fingerprint density at radius 3 is 2.40 bits per heavy atom. The minimum absolute atomic E-state index is 0.141. The van der Waals surface area contributed by atoms with Crippen molar-refractivity contribution in [2.24, 2.45) is 5.73 Å². The first-order chi connectivity index (χ1) is 9.62. The fourth-order valence-corrected chi connectivity index (χ4v) is 2.59. The number of nitrogens with zero attached hydrogens (tertiary/aromatic N) is 1. The van der Waals surface area contributed by atoms with Crippen LogP contribution in [0.2, 0.25) is 0 Å². The molecular weight excluding hydrogens is 244 g/mol. The van der Waals surface area contributed by atoms with Crippen LogP contribution in [0.4, 0.5) is 0 Å². The first kappa shape index (κ1) is 17.2. The van der Waals surface area contributed by atoms with E-state index in [9.17, 15) is 0 Å². The second kappa shape index (κ2) is 9.15. The largest absolute Gasteiger partial charge is 0.329 e. The topological polar surface area (TPSA) is 29.3 Å². The number of benzene rings is 1. The van der Waals surface area contributed by atoms with E-state index in [4.69, 9.17) is 5.73 Å². The van der Waals surface area contributed by atoms with Crippen LogP contribution in [0, 0.1) is 0 Å². The van der Waals surface area contributed by atoms with Crippen molar-refractivity contribution < 1.29 is 0 Å². The van der Waals surface area contributed by atoms with Crippen molar-refractivity contribution in [1.29, 1.82) is 0 Å². The van der Waals surface area contributed by atoms with Crippen LogP contribution in [0.1, 0.15) is 51.5 Å². The highest BCUT2D eigenvalue weighted by Crippen LogP contribution is 2.21. The number of likely N-dealkylation sites (N-methyl/N-ethyl adjacent to an activating group) is 1. The maximum atomic E-state index is 6.05. The first-order valence-corrected chi connectivity index (χ1v) is 8.07. The zero-order valence-corrected chi connectivity index (χ0v) is 13.6. The van der Waals surface area contributed by atoms with Crippen molar-refractivity contribution in [1.82, 2.24) is 4.90 Å². The number of hydrogen-bond donors (Lipinski definition) is 1. The van der Waals surface area contributed by atoms with Gasteiger partial charge in [0.2, 0.25) is 0 Å². The summed E-state index contributed by atoms with van der Waals surface area (Å²) in [6.07, 6.45) is 7.56. The SMILES string of the molecule is CCCCCCC(C)(CN)N(C)CCc1ccccc1. The van der Waals surface area contributed by atoms with Crippen LogP contribution in [0.15, 0.2) is 30.3 Å². The Morgan fingerprint density at radius 2 is 1.80 bits per heavy atom. The van der Waals surface area contributed by atoms with E-state index in [0.717, 1.165) is 19.5 Å².